The molecule has 26 heavy (non-hydrogen) atoms. The van der Waals surface area contributed by atoms with Crippen LogP contribution in [0.15, 0.2) is 42.5 Å². The number of para-hydroxylation sites is 1. The van der Waals surface area contributed by atoms with E-state index in [1.54, 1.807) is 0 Å². The fourth-order valence-corrected chi connectivity index (χ4v) is 2.47. The predicted molar refractivity (Wildman–Crippen MR) is 96.7 cm³/mol. The lowest BCUT2D eigenvalue weighted by molar-refractivity contribution is -0.149. The van der Waals surface area contributed by atoms with Crippen LogP contribution in [0.3, 0.4) is 0 Å². The number of benzene rings is 2. The third kappa shape index (κ3) is 5.58. The number of ether oxygens (including phenoxy) is 2. The van der Waals surface area contributed by atoms with Gasteiger partial charge in [0.25, 0.3) is 5.91 Å². The fraction of sp³-hybridized carbons (Fsp3) is 0.300. The smallest absolute Gasteiger partial charge is 0.344 e. The van der Waals surface area contributed by atoms with E-state index < -0.39 is 30.9 Å². The Hall–Kier alpha value is -2.89. The molecule has 0 aliphatic carbocycles. The third-order valence-corrected chi connectivity index (χ3v) is 3.78. The molecule has 0 aliphatic heterocycles. The number of halogens is 1. The lowest BCUT2D eigenvalue weighted by Crippen LogP contribution is -2.24. The highest BCUT2D eigenvalue weighted by Gasteiger charge is 2.12. The van der Waals surface area contributed by atoms with Crippen molar-refractivity contribution in [1.82, 2.24) is 0 Å². The Morgan fingerprint density at radius 1 is 1.00 bits per heavy atom. The Bertz CT molecular complexity index is 754. The molecule has 2 aromatic rings. The summed E-state index contributed by atoms with van der Waals surface area (Å²) >= 11 is 0. The van der Waals surface area contributed by atoms with Gasteiger partial charge in [0.2, 0.25) is 0 Å². The minimum atomic E-state index is -0.705. The maximum atomic E-state index is 13.0. The number of hydrogen-bond donors (Lipinski definition) is 1. The van der Waals surface area contributed by atoms with Gasteiger partial charge in [-0.15, -0.1) is 0 Å². The maximum Gasteiger partial charge on any atom is 0.344 e. The fourth-order valence-electron chi connectivity index (χ4n) is 2.47. The molecule has 0 bridgehead atoms. The number of hydrogen-bond acceptors (Lipinski definition) is 4. The zero-order chi connectivity index (χ0) is 18.9. The second-order valence-corrected chi connectivity index (χ2v) is 5.61. The Labute approximate surface area is 152 Å². The van der Waals surface area contributed by atoms with Crippen molar-refractivity contribution in [3.05, 3.63) is 59.4 Å². The van der Waals surface area contributed by atoms with Crippen LogP contribution in [-0.4, -0.2) is 25.1 Å². The molecule has 0 fully saturated rings. The van der Waals surface area contributed by atoms with Crippen molar-refractivity contribution >= 4 is 17.6 Å². The molecule has 0 atom stereocenters. The van der Waals surface area contributed by atoms with Crippen LogP contribution in [0.25, 0.3) is 0 Å². The molecule has 138 valence electrons. The van der Waals surface area contributed by atoms with Gasteiger partial charge in [-0.3, -0.25) is 4.79 Å². The van der Waals surface area contributed by atoms with E-state index in [1.807, 2.05) is 32.0 Å². The van der Waals surface area contributed by atoms with Crippen molar-refractivity contribution < 1.29 is 23.5 Å². The van der Waals surface area contributed by atoms with E-state index in [-0.39, 0.29) is 5.75 Å². The van der Waals surface area contributed by atoms with E-state index >= 15 is 0 Å². The van der Waals surface area contributed by atoms with E-state index in [4.69, 9.17) is 9.47 Å². The van der Waals surface area contributed by atoms with Crippen LogP contribution >= 0.6 is 0 Å². The van der Waals surface area contributed by atoms with Crippen LogP contribution in [0.2, 0.25) is 0 Å². The maximum absolute atomic E-state index is 13.0. The van der Waals surface area contributed by atoms with Crippen LogP contribution in [0.4, 0.5) is 10.1 Å². The van der Waals surface area contributed by atoms with Gasteiger partial charge in [0, 0.05) is 11.8 Å². The van der Waals surface area contributed by atoms with Crippen molar-refractivity contribution in [3.63, 3.8) is 0 Å². The number of rotatable bonds is 8. The molecule has 0 aromatic heterocycles. The molecule has 2 aromatic carbocycles. The summed E-state index contributed by atoms with van der Waals surface area (Å²) in [4.78, 5) is 23.8. The first-order valence-corrected chi connectivity index (χ1v) is 8.48. The summed E-state index contributed by atoms with van der Waals surface area (Å²) in [6.07, 6.45) is 1.56. The quantitative estimate of drug-likeness (QED) is 0.733. The number of nitrogens with one attached hydrogen (secondary N) is 1. The molecule has 0 saturated carbocycles. The van der Waals surface area contributed by atoms with E-state index in [2.05, 4.69) is 5.32 Å². The number of carbonyl (C=O) groups is 2. The first-order chi connectivity index (χ1) is 12.5. The number of esters is 1. The molecular formula is C20H22FNO4. The van der Waals surface area contributed by atoms with Crippen LogP contribution < -0.4 is 10.1 Å². The van der Waals surface area contributed by atoms with Crippen LogP contribution in [0.5, 0.6) is 5.75 Å². The molecule has 0 unspecified atom stereocenters. The minimum absolute atomic E-state index is 0.218. The van der Waals surface area contributed by atoms with Gasteiger partial charge < -0.3 is 14.8 Å². The van der Waals surface area contributed by atoms with Crippen LogP contribution in [0, 0.1) is 5.82 Å². The average Bonchev–Trinajstić information content (AvgIpc) is 2.65. The minimum Gasteiger partial charge on any atom is -0.482 e. The standard InChI is InChI=1S/C20H22FNO4/c1-3-14-7-5-8-15(4-2)20(14)22-18(23)12-26-19(24)13-25-17-10-6-9-16(21)11-17/h5-11H,3-4,12-13H2,1-2H3,(H,22,23). The molecule has 0 saturated heterocycles. The van der Waals surface area contributed by atoms with Gasteiger partial charge >= 0.3 is 5.97 Å². The van der Waals surface area contributed by atoms with E-state index in [0.717, 1.165) is 35.7 Å². The van der Waals surface area contributed by atoms with E-state index in [0.29, 0.717) is 0 Å². The zero-order valence-electron chi connectivity index (χ0n) is 14.9. The van der Waals surface area contributed by atoms with Gasteiger partial charge in [0.05, 0.1) is 0 Å². The Balaban J connectivity index is 1.84. The van der Waals surface area contributed by atoms with Crippen molar-refractivity contribution in [2.75, 3.05) is 18.5 Å². The largest absolute Gasteiger partial charge is 0.482 e. The van der Waals surface area contributed by atoms with E-state index in [9.17, 15) is 14.0 Å². The second kappa shape index (κ2) is 9.56. The molecule has 0 radical (unpaired) electrons. The highest BCUT2D eigenvalue weighted by atomic mass is 19.1. The highest BCUT2D eigenvalue weighted by Crippen LogP contribution is 2.22. The zero-order valence-corrected chi connectivity index (χ0v) is 14.9. The van der Waals surface area contributed by atoms with Crippen molar-refractivity contribution in [1.29, 1.82) is 0 Å². The molecule has 5 nitrogen and oxygen atoms in total. The van der Waals surface area contributed by atoms with Gasteiger partial charge in [-0.2, -0.15) is 0 Å². The number of anilines is 1. The lowest BCUT2D eigenvalue weighted by atomic mass is 10.0. The molecular weight excluding hydrogens is 337 g/mol. The first kappa shape index (κ1) is 19.4. The van der Waals surface area contributed by atoms with Crippen LogP contribution in [-0.2, 0) is 27.2 Å². The molecule has 6 heteroatoms. The van der Waals surface area contributed by atoms with E-state index in [1.165, 1.54) is 18.2 Å². The summed E-state index contributed by atoms with van der Waals surface area (Å²) in [6.45, 7) is 3.21. The second-order valence-electron chi connectivity index (χ2n) is 5.61. The highest BCUT2D eigenvalue weighted by molar-refractivity contribution is 5.94. The van der Waals surface area contributed by atoms with Gasteiger partial charge in [-0.05, 0) is 36.1 Å². The number of carbonyl (C=O) groups excluding carboxylic acids is 2. The summed E-state index contributed by atoms with van der Waals surface area (Å²) < 4.78 is 23.1. The number of aryl methyl sites for hydroxylation is 2. The Morgan fingerprint density at radius 3 is 2.27 bits per heavy atom. The summed E-state index contributed by atoms with van der Waals surface area (Å²) in [5, 5.41) is 2.81. The van der Waals surface area contributed by atoms with Crippen molar-refractivity contribution in [2.45, 2.75) is 26.7 Å². The Kier molecular flexibility index (Phi) is 7.14. The van der Waals surface area contributed by atoms with Gasteiger partial charge in [-0.1, -0.05) is 38.1 Å². The molecule has 2 rings (SSSR count). The first-order valence-electron chi connectivity index (χ1n) is 8.48. The van der Waals surface area contributed by atoms with Crippen molar-refractivity contribution in [3.8, 4) is 5.75 Å². The summed E-state index contributed by atoms with van der Waals surface area (Å²) in [7, 11) is 0. The molecule has 0 spiro atoms. The third-order valence-electron chi connectivity index (χ3n) is 3.78. The average molecular weight is 359 g/mol. The van der Waals surface area contributed by atoms with Crippen molar-refractivity contribution in [2.24, 2.45) is 0 Å². The molecule has 1 N–H and O–H groups in total. The number of amides is 1. The molecule has 0 aliphatic rings. The topological polar surface area (TPSA) is 64.6 Å². The Morgan fingerprint density at radius 2 is 1.65 bits per heavy atom. The lowest BCUT2D eigenvalue weighted by Gasteiger charge is -2.14. The van der Waals surface area contributed by atoms with Gasteiger partial charge in [0.1, 0.15) is 11.6 Å². The summed E-state index contributed by atoms with van der Waals surface area (Å²) in [6, 6.07) is 11.3. The monoisotopic (exact) mass is 359 g/mol. The molecule has 1 amide bonds. The summed E-state index contributed by atoms with van der Waals surface area (Å²) in [5.74, 6) is -1.36. The van der Waals surface area contributed by atoms with Gasteiger partial charge in [0.15, 0.2) is 13.2 Å². The van der Waals surface area contributed by atoms with Gasteiger partial charge in [-0.25, -0.2) is 9.18 Å². The normalized spacial score (nSPS) is 10.3. The molecule has 0 heterocycles. The van der Waals surface area contributed by atoms with Crippen LogP contribution in [0.1, 0.15) is 25.0 Å². The SMILES string of the molecule is CCc1cccc(CC)c1NC(=O)COC(=O)COc1cccc(F)c1. The summed E-state index contributed by atoms with van der Waals surface area (Å²) in [5.41, 5.74) is 2.83. The predicted octanol–water partition coefficient (Wildman–Crippen LogP) is 3.51.